The predicted octanol–water partition coefficient (Wildman–Crippen LogP) is 4.94. The van der Waals surface area contributed by atoms with E-state index in [9.17, 15) is 0 Å². The van der Waals surface area contributed by atoms with E-state index < -0.39 is 0 Å². The lowest BCUT2D eigenvalue weighted by atomic mass is 10.2. The molecule has 112 valence electrons. The van der Waals surface area contributed by atoms with E-state index in [0.29, 0.717) is 0 Å². The van der Waals surface area contributed by atoms with E-state index in [4.69, 9.17) is 4.74 Å². The van der Waals surface area contributed by atoms with Crippen LogP contribution in [0.4, 0.5) is 5.69 Å². The third-order valence-corrected chi connectivity index (χ3v) is 4.03. The quantitative estimate of drug-likeness (QED) is 0.568. The van der Waals surface area contributed by atoms with Crippen molar-refractivity contribution in [3.8, 4) is 5.75 Å². The van der Waals surface area contributed by atoms with Gasteiger partial charge in [0.2, 0.25) is 0 Å². The molecule has 0 aliphatic rings. The summed E-state index contributed by atoms with van der Waals surface area (Å²) in [6.45, 7) is 5.76. The Kier molecular flexibility index (Phi) is 6.05. The van der Waals surface area contributed by atoms with E-state index in [1.54, 1.807) is 0 Å². The standard InChI is InChI=1S/C17H21BrN2O/c1-3-4-9-21-16-7-5-14(6-8-16)11-19-15-10-13(2)17(18)20-12-15/h5-8,10,12,19H,3-4,9,11H2,1-2H3. The number of benzene rings is 1. The summed E-state index contributed by atoms with van der Waals surface area (Å²) in [5.74, 6) is 0.938. The second-order valence-electron chi connectivity index (χ2n) is 5.03. The average molecular weight is 349 g/mol. The van der Waals surface area contributed by atoms with Crippen LogP contribution in [0.15, 0.2) is 41.1 Å². The van der Waals surface area contributed by atoms with Gasteiger partial charge in [0.05, 0.1) is 18.5 Å². The largest absolute Gasteiger partial charge is 0.494 e. The molecule has 0 fully saturated rings. The molecule has 0 unspecified atom stereocenters. The Morgan fingerprint density at radius 3 is 2.67 bits per heavy atom. The molecule has 2 aromatic rings. The summed E-state index contributed by atoms with van der Waals surface area (Å²) in [5.41, 5.74) is 3.37. The maximum Gasteiger partial charge on any atom is 0.119 e. The number of aryl methyl sites for hydroxylation is 1. The highest BCUT2D eigenvalue weighted by molar-refractivity contribution is 9.10. The molecule has 1 aromatic carbocycles. The first-order valence-corrected chi connectivity index (χ1v) is 8.06. The fraction of sp³-hybridized carbons (Fsp3) is 0.353. The van der Waals surface area contributed by atoms with Crippen molar-refractivity contribution in [1.29, 1.82) is 0 Å². The highest BCUT2D eigenvalue weighted by atomic mass is 79.9. The van der Waals surface area contributed by atoms with Crippen LogP contribution in [-0.2, 0) is 6.54 Å². The van der Waals surface area contributed by atoms with Gasteiger partial charge in [0.15, 0.2) is 0 Å². The molecular formula is C17H21BrN2O. The number of nitrogens with zero attached hydrogens (tertiary/aromatic N) is 1. The molecule has 0 saturated heterocycles. The Balaban J connectivity index is 1.86. The van der Waals surface area contributed by atoms with Crippen LogP contribution in [0.3, 0.4) is 0 Å². The molecule has 0 atom stereocenters. The molecule has 2 rings (SSSR count). The Morgan fingerprint density at radius 2 is 2.00 bits per heavy atom. The smallest absolute Gasteiger partial charge is 0.119 e. The average Bonchev–Trinajstić information content (AvgIpc) is 2.50. The number of unbranched alkanes of at least 4 members (excludes halogenated alkanes) is 1. The van der Waals surface area contributed by atoms with Gasteiger partial charge in [0.25, 0.3) is 0 Å². The van der Waals surface area contributed by atoms with Crippen molar-refractivity contribution in [2.45, 2.75) is 33.2 Å². The summed E-state index contributed by atoms with van der Waals surface area (Å²) in [4.78, 5) is 4.28. The number of aromatic nitrogens is 1. The minimum absolute atomic E-state index is 0.776. The van der Waals surface area contributed by atoms with Gasteiger partial charge in [0, 0.05) is 6.54 Å². The van der Waals surface area contributed by atoms with Crippen molar-refractivity contribution in [1.82, 2.24) is 4.98 Å². The summed E-state index contributed by atoms with van der Waals surface area (Å²) >= 11 is 3.41. The zero-order valence-electron chi connectivity index (χ0n) is 12.5. The second-order valence-corrected chi connectivity index (χ2v) is 5.78. The van der Waals surface area contributed by atoms with Gasteiger partial charge in [0.1, 0.15) is 10.4 Å². The van der Waals surface area contributed by atoms with Crippen LogP contribution >= 0.6 is 15.9 Å². The lowest BCUT2D eigenvalue weighted by Gasteiger charge is -2.09. The molecule has 0 aliphatic heterocycles. The fourth-order valence-electron chi connectivity index (χ4n) is 1.90. The zero-order chi connectivity index (χ0) is 15.1. The summed E-state index contributed by atoms with van der Waals surface area (Å²) in [6.07, 6.45) is 4.08. The van der Waals surface area contributed by atoms with Crippen molar-refractivity contribution < 1.29 is 4.74 Å². The lowest BCUT2D eigenvalue weighted by molar-refractivity contribution is 0.309. The number of halogens is 1. The first kappa shape index (κ1) is 15.8. The van der Waals surface area contributed by atoms with Gasteiger partial charge >= 0.3 is 0 Å². The molecule has 0 radical (unpaired) electrons. The first-order valence-electron chi connectivity index (χ1n) is 7.27. The van der Waals surface area contributed by atoms with Gasteiger partial charge in [-0.3, -0.25) is 0 Å². The third kappa shape index (κ3) is 5.05. The van der Waals surface area contributed by atoms with Crippen molar-refractivity contribution >= 4 is 21.6 Å². The SMILES string of the molecule is CCCCOc1ccc(CNc2cnc(Br)c(C)c2)cc1. The number of nitrogens with one attached hydrogen (secondary N) is 1. The number of rotatable bonds is 7. The molecule has 21 heavy (non-hydrogen) atoms. The molecule has 3 nitrogen and oxygen atoms in total. The zero-order valence-corrected chi connectivity index (χ0v) is 14.1. The van der Waals surface area contributed by atoms with Crippen molar-refractivity contribution in [2.24, 2.45) is 0 Å². The Morgan fingerprint density at radius 1 is 1.24 bits per heavy atom. The van der Waals surface area contributed by atoms with Crippen molar-refractivity contribution in [3.05, 3.63) is 52.3 Å². The molecule has 0 aliphatic carbocycles. The molecule has 0 spiro atoms. The minimum atomic E-state index is 0.776. The maximum absolute atomic E-state index is 5.66. The van der Waals surface area contributed by atoms with Crippen LogP contribution in [-0.4, -0.2) is 11.6 Å². The van der Waals surface area contributed by atoms with E-state index in [1.165, 1.54) is 5.56 Å². The summed E-state index contributed by atoms with van der Waals surface area (Å²) in [6, 6.07) is 10.3. The van der Waals surface area contributed by atoms with Gasteiger partial charge in [-0.15, -0.1) is 0 Å². The normalized spacial score (nSPS) is 10.4. The van der Waals surface area contributed by atoms with Crippen LogP contribution in [0, 0.1) is 6.92 Å². The lowest BCUT2D eigenvalue weighted by Crippen LogP contribution is -2.01. The van der Waals surface area contributed by atoms with Crippen LogP contribution in [0.1, 0.15) is 30.9 Å². The topological polar surface area (TPSA) is 34.1 Å². The summed E-state index contributed by atoms with van der Waals surface area (Å²) < 4.78 is 6.55. The van der Waals surface area contributed by atoms with Crippen molar-refractivity contribution in [3.63, 3.8) is 0 Å². The molecule has 1 heterocycles. The van der Waals surface area contributed by atoms with Gasteiger partial charge in [-0.1, -0.05) is 25.5 Å². The van der Waals surface area contributed by atoms with Gasteiger partial charge < -0.3 is 10.1 Å². The monoisotopic (exact) mass is 348 g/mol. The van der Waals surface area contributed by atoms with E-state index in [1.807, 2.05) is 25.3 Å². The van der Waals surface area contributed by atoms with Crippen LogP contribution in [0.25, 0.3) is 0 Å². The van der Waals surface area contributed by atoms with Gasteiger partial charge in [-0.05, 0) is 58.6 Å². The van der Waals surface area contributed by atoms with Gasteiger partial charge in [-0.25, -0.2) is 4.98 Å². The van der Waals surface area contributed by atoms with E-state index in [0.717, 1.165) is 47.6 Å². The first-order chi connectivity index (χ1) is 10.2. The number of hydrogen-bond donors (Lipinski definition) is 1. The number of hydrogen-bond acceptors (Lipinski definition) is 3. The molecular weight excluding hydrogens is 328 g/mol. The van der Waals surface area contributed by atoms with E-state index >= 15 is 0 Å². The predicted molar refractivity (Wildman–Crippen MR) is 90.8 cm³/mol. The molecule has 0 bridgehead atoms. The molecule has 1 aromatic heterocycles. The molecule has 1 N–H and O–H groups in total. The number of ether oxygens (including phenoxy) is 1. The summed E-state index contributed by atoms with van der Waals surface area (Å²) in [5, 5.41) is 3.38. The van der Waals surface area contributed by atoms with Crippen LogP contribution in [0.2, 0.25) is 0 Å². The summed E-state index contributed by atoms with van der Waals surface area (Å²) in [7, 11) is 0. The van der Waals surface area contributed by atoms with Crippen molar-refractivity contribution in [2.75, 3.05) is 11.9 Å². The van der Waals surface area contributed by atoms with E-state index in [-0.39, 0.29) is 0 Å². The Hall–Kier alpha value is -1.55. The molecule has 4 heteroatoms. The Labute approximate surface area is 134 Å². The molecule has 0 saturated carbocycles. The molecule has 0 amide bonds. The Bertz CT molecular complexity index is 570. The van der Waals surface area contributed by atoms with Gasteiger partial charge in [-0.2, -0.15) is 0 Å². The van der Waals surface area contributed by atoms with Crippen LogP contribution < -0.4 is 10.1 Å². The number of anilines is 1. The highest BCUT2D eigenvalue weighted by Crippen LogP contribution is 2.18. The minimum Gasteiger partial charge on any atom is -0.494 e. The number of pyridine rings is 1. The van der Waals surface area contributed by atoms with Crippen LogP contribution in [0.5, 0.6) is 5.75 Å². The van der Waals surface area contributed by atoms with E-state index in [2.05, 4.69) is 51.4 Å². The fourth-order valence-corrected chi connectivity index (χ4v) is 2.11. The third-order valence-electron chi connectivity index (χ3n) is 3.20. The maximum atomic E-state index is 5.66. The second kappa shape index (κ2) is 8.03. The highest BCUT2D eigenvalue weighted by Gasteiger charge is 2.00.